The highest BCUT2D eigenvalue weighted by Crippen LogP contribution is 2.39. The molecule has 0 radical (unpaired) electrons. The van der Waals surface area contributed by atoms with Gasteiger partial charge in [-0.2, -0.15) is 4.31 Å². The highest BCUT2D eigenvalue weighted by molar-refractivity contribution is 7.89. The summed E-state index contributed by atoms with van der Waals surface area (Å²) in [6, 6.07) is 2.96. The van der Waals surface area contributed by atoms with Crippen LogP contribution in [-0.4, -0.2) is 49.7 Å². The van der Waals surface area contributed by atoms with E-state index < -0.39 is 26.6 Å². The molecule has 2 fully saturated rings. The smallest absolute Gasteiger partial charge is 0.249 e. The molecule has 1 aliphatic carbocycles. The van der Waals surface area contributed by atoms with Crippen molar-refractivity contribution in [2.24, 2.45) is 11.8 Å². The normalized spacial score (nSPS) is 25.4. The van der Waals surface area contributed by atoms with Crippen LogP contribution in [0.2, 0.25) is 0 Å². The van der Waals surface area contributed by atoms with Crippen molar-refractivity contribution in [2.45, 2.75) is 18.2 Å². The molecular weight excluding hydrogens is 326 g/mol. The summed E-state index contributed by atoms with van der Waals surface area (Å²) in [5.41, 5.74) is 0. The molecule has 1 saturated heterocycles. The SMILES string of the molecule is C[C@H]1C[C@H]1C(=O)N1CCN(S(=O)(=O)c2c(F)cccc2F)CC1. The second-order valence-electron chi connectivity index (χ2n) is 6.10. The van der Waals surface area contributed by atoms with Gasteiger partial charge in [-0.05, 0) is 24.5 Å². The molecule has 8 heteroatoms. The van der Waals surface area contributed by atoms with E-state index in [4.69, 9.17) is 0 Å². The lowest BCUT2D eigenvalue weighted by molar-refractivity contribution is -0.134. The van der Waals surface area contributed by atoms with Crippen LogP contribution in [0.3, 0.4) is 0 Å². The maximum absolute atomic E-state index is 13.8. The number of benzene rings is 1. The Bertz CT molecular complexity index is 710. The van der Waals surface area contributed by atoms with E-state index in [0.29, 0.717) is 5.92 Å². The van der Waals surface area contributed by atoms with Crippen LogP contribution in [0.1, 0.15) is 13.3 Å². The van der Waals surface area contributed by atoms with Crippen LogP contribution in [-0.2, 0) is 14.8 Å². The van der Waals surface area contributed by atoms with Gasteiger partial charge in [-0.1, -0.05) is 13.0 Å². The molecule has 2 atom stereocenters. The Morgan fingerprint density at radius 3 is 2.13 bits per heavy atom. The van der Waals surface area contributed by atoms with E-state index >= 15 is 0 Å². The van der Waals surface area contributed by atoms with Crippen LogP contribution in [0, 0.1) is 23.5 Å². The number of sulfonamides is 1. The quantitative estimate of drug-likeness (QED) is 0.834. The first kappa shape index (κ1) is 16.3. The Morgan fingerprint density at radius 2 is 1.65 bits per heavy atom. The topological polar surface area (TPSA) is 57.7 Å². The number of carbonyl (C=O) groups is 1. The molecule has 1 amide bonds. The third-order valence-corrected chi connectivity index (χ3v) is 6.44. The second kappa shape index (κ2) is 5.83. The summed E-state index contributed by atoms with van der Waals surface area (Å²) >= 11 is 0. The molecule has 1 aliphatic heterocycles. The highest BCUT2D eigenvalue weighted by atomic mass is 32.2. The molecule has 0 spiro atoms. The zero-order valence-corrected chi connectivity index (χ0v) is 13.5. The minimum absolute atomic E-state index is 0.0437. The number of halogens is 2. The molecule has 1 heterocycles. The van der Waals surface area contributed by atoms with Crippen molar-refractivity contribution in [3.63, 3.8) is 0 Å². The number of amides is 1. The summed E-state index contributed by atoms with van der Waals surface area (Å²) in [5, 5.41) is 0. The first-order chi connectivity index (χ1) is 10.8. The van der Waals surface area contributed by atoms with Gasteiger partial charge in [0.15, 0.2) is 4.90 Å². The van der Waals surface area contributed by atoms with Crippen LogP contribution in [0.25, 0.3) is 0 Å². The predicted molar refractivity (Wildman–Crippen MR) is 79.0 cm³/mol. The van der Waals surface area contributed by atoms with E-state index in [1.165, 1.54) is 0 Å². The molecule has 2 aliphatic rings. The van der Waals surface area contributed by atoms with E-state index in [0.717, 1.165) is 28.9 Å². The van der Waals surface area contributed by atoms with Crippen molar-refractivity contribution in [1.29, 1.82) is 0 Å². The van der Waals surface area contributed by atoms with Gasteiger partial charge in [0.2, 0.25) is 15.9 Å². The molecule has 0 N–H and O–H groups in total. The Labute approximate surface area is 133 Å². The fraction of sp³-hybridized carbons (Fsp3) is 0.533. The van der Waals surface area contributed by atoms with Gasteiger partial charge in [-0.25, -0.2) is 17.2 Å². The van der Waals surface area contributed by atoms with E-state index in [2.05, 4.69) is 0 Å². The summed E-state index contributed by atoms with van der Waals surface area (Å²) in [4.78, 5) is 12.9. The minimum atomic E-state index is -4.24. The third kappa shape index (κ3) is 2.97. The van der Waals surface area contributed by atoms with Crippen LogP contribution >= 0.6 is 0 Å². The molecule has 0 aromatic heterocycles. The fourth-order valence-corrected chi connectivity index (χ4v) is 4.44. The van der Waals surface area contributed by atoms with Gasteiger partial charge >= 0.3 is 0 Å². The zero-order chi connectivity index (χ0) is 16.8. The van der Waals surface area contributed by atoms with Crippen LogP contribution in [0.4, 0.5) is 8.78 Å². The lowest BCUT2D eigenvalue weighted by atomic mass is 10.2. The Balaban J connectivity index is 1.73. The van der Waals surface area contributed by atoms with Gasteiger partial charge in [0, 0.05) is 32.1 Å². The van der Waals surface area contributed by atoms with Gasteiger partial charge in [0.1, 0.15) is 11.6 Å². The van der Waals surface area contributed by atoms with Crippen LogP contribution in [0.5, 0.6) is 0 Å². The summed E-state index contributed by atoms with van der Waals surface area (Å²) < 4.78 is 53.4. The zero-order valence-electron chi connectivity index (χ0n) is 12.7. The summed E-state index contributed by atoms with van der Waals surface area (Å²) in [7, 11) is -4.24. The van der Waals surface area contributed by atoms with E-state index in [1.807, 2.05) is 6.92 Å². The molecule has 3 rings (SSSR count). The van der Waals surface area contributed by atoms with Crippen LogP contribution < -0.4 is 0 Å². The summed E-state index contributed by atoms with van der Waals surface area (Å²) in [6.07, 6.45) is 0.873. The lowest BCUT2D eigenvalue weighted by Crippen LogP contribution is -2.51. The standard InChI is InChI=1S/C15H18F2N2O3S/c1-10-9-11(10)15(20)18-5-7-19(8-6-18)23(21,22)14-12(16)3-2-4-13(14)17/h2-4,10-11H,5-9H2,1H3/t10-,11+/m0/s1. The molecule has 1 aromatic carbocycles. The Morgan fingerprint density at radius 1 is 1.13 bits per heavy atom. The van der Waals surface area contributed by atoms with Crippen molar-refractivity contribution in [1.82, 2.24) is 9.21 Å². The second-order valence-corrected chi connectivity index (χ2v) is 7.97. The Hall–Kier alpha value is -1.54. The van der Waals surface area contributed by atoms with Gasteiger partial charge in [0.05, 0.1) is 0 Å². The van der Waals surface area contributed by atoms with Crippen LogP contribution in [0.15, 0.2) is 23.1 Å². The lowest BCUT2D eigenvalue weighted by Gasteiger charge is -2.34. The molecule has 5 nitrogen and oxygen atoms in total. The van der Waals surface area contributed by atoms with Gasteiger partial charge in [0.25, 0.3) is 0 Å². The van der Waals surface area contributed by atoms with E-state index in [-0.39, 0.29) is 38.0 Å². The maximum atomic E-state index is 13.8. The maximum Gasteiger partial charge on any atom is 0.249 e. The Kier molecular flexibility index (Phi) is 4.14. The average Bonchev–Trinajstić information content (AvgIpc) is 3.23. The summed E-state index contributed by atoms with van der Waals surface area (Å²) in [5.74, 6) is -1.73. The van der Waals surface area contributed by atoms with Crippen molar-refractivity contribution >= 4 is 15.9 Å². The monoisotopic (exact) mass is 344 g/mol. The molecule has 0 bridgehead atoms. The van der Waals surface area contributed by atoms with Crippen molar-refractivity contribution in [3.8, 4) is 0 Å². The minimum Gasteiger partial charge on any atom is -0.340 e. The van der Waals surface area contributed by atoms with E-state index in [9.17, 15) is 22.0 Å². The molecule has 0 unspecified atom stereocenters. The number of nitrogens with zero attached hydrogens (tertiary/aromatic N) is 2. The molecule has 1 aromatic rings. The molecule has 23 heavy (non-hydrogen) atoms. The van der Waals surface area contributed by atoms with Crippen molar-refractivity contribution in [2.75, 3.05) is 26.2 Å². The number of hydrogen-bond acceptors (Lipinski definition) is 3. The average molecular weight is 344 g/mol. The van der Waals surface area contributed by atoms with Crippen molar-refractivity contribution in [3.05, 3.63) is 29.8 Å². The largest absolute Gasteiger partial charge is 0.340 e. The number of hydrogen-bond donors (Lipinski definition) is 0. The third-order valence-electron chi connectivity index (χ3n) is 4.49. The van der Waals surface area contributed by atoms with E-state index in [1.54, 1.807) is 4.90 Å². The predicted octanol–water partition coefficient (Wildman–Crippen LogP) is 1.45. The first-order valence-electron chi connectivity index (χ1n) is 7.55. The van der Waals surface area contributed by atoms with Gasteiger partial charge in [-0.15, -0.1) is 0 Å². The number of piperazine rings is 1. The first-order valence-corrected chi connectivity index (χ1v) is 8.99. The number of carbonyl (C=O) groups excluding carboxylic acids is 1. The van der Waals surface area contributed by atoms with Crippen molar-refractivity contribution < 1.29 is 22.0 Å². The molecular formula is C15H18F2N2O3S. The van der Waals surface area contributed by atoms with Gasteiger partial charge in [-0.3, -0.25) is 4.79 Å². The summed E-state index contributed by atoms with van der Waals surface area (Å²) in [6.45, 7) is 2.59. The molecule has 1 saturated carbocycles. The number of rotatable bonds is 3. The highest BCUT2D eigenvalue weighted by Gasteiger charge is 2.43. The molecule has 126 valence electrons. The van der Waals surface area contributed by atoms with Gasteiger partial charge < -0.3 is 4.90 Å². The fourth-order valence-electron chi connectivity index (χ4n) is 2.91.